The molecule has 25 heavy (non-hydrogen) atoms. The summed E-state index contributed by atoms with van der Waals surface area (Å²) in [4.78, 5) is 25.9. The van der Waals surface area contributed by atoms with Crippen LogP contribution in [-0.4, -0.2) is 31.4 Å². The Balaban J connectivity index is 1.38. The highest BCUT2D eigenvalue weighted by Gasteiger charge is 2.42. The Labute approximate surface area is 153 Å². The lowest BCUT2D eigenvalue weighted by Crippen LogP contribution is -2.47. The molecular weight excluding hydrogens is 338 g/mol. The van der Waals surface area contributed by atoms with Crippen molar-refractivity contribution in [3.8, 4) is 0 Å². The van der Waals surface area contributed by atoms with Gasteiger partial charge in [-0.2, -0.15) is 0 Å². The van der Waals surface area contributed by atoms with Gasteiger partial charge in [0, 0.05) is 25.2 Å². The number of halogens is 1. The molecule has 1 aromatic rings. The lowest BCUT2D eigenvalue weighted by Gasteiger charge is -2.29. The van der Waals surface area contributed by atoms with E-state index in [1.54, 1.807) is 6.07 Å². The van der Waals surface area contributed by atoms with Crippen LogP contribution in [0.2, 0.25) is 5.02 Å². The number of rotatable bonds is 6. The van der Waals surface area contributed by atoms with Gasteiger partial charge in [-0.05, 0) is 61.6 Å². The van der Waals surface area contributed by atoms with E-state index in [1.165, 1.54) is 25.7 Å². The largest absolute Gasteiger partial charge is 0.359 e. The number of amides is 2. The van der Waals surface area contributed by atoms with E-state index in [0.717, 1.165) is 29.8 Å². The summed E-state index contributed by atoms with van der Waals surface area (Å²) in [6.45, 7) is 1.68. The van der Waals surface area contributed by atoms with Crippen LogP contribution < -0.4 is 15.5 Å². The zero-order chi connectivity index (χ0) is 17.4. The fourth-order valence-corrected chi connectivity index (χ4v) is 4.18. The zero-order valence-electron chi connectivity index (χ0n) is 14.3. The monoisotopic (exact) mass is 361 g/mol. The highest BCUT2D eigenvalue weighted by Crippen LogP contribution is 2.50. The van der Waals surface area contributed by atoms with E-state index in [-0.39, 0.29) is 11.8 Å². The quantitative estimate of drug-likeness (QED) is 0.818. The number of anilines is 2. The molecular formula is C19H24ClN3O2. The molecule has 1 heterocycles. The van der Waals surface area contributed by atoms with Crippen molar-refractivity contribution in [3.05, 3.63) is 23.2 Å². The Morgan fingerprint density at radius 2 is 2.00 bits per heavy atom. The summed E-state index contributed by atoms with van der Waals surface area (Å²) < 4.78 is 0. The molecule has 1 aromatic carbocycles. The van der Waals surface area contributed by atoms with Gasteiger partial charge in [-0.3, -0.25) is 9.59 Å². The minimum Gasteiger partial charge on any atom is -0.359 e. The number of hydrogen-bond donors (Lipinski definition) is 2. The van der Waals surface area contributed by atoms with Crippen LogP contribution in [0.3, 0.4) is 0 Å². The first kappa shape index (κ1) is 16.7. The van der Waals surface area contributed by atoms with Gasteiger partial charge in [0.05, 0.1) is 17.3 Å². The Hall–Kier alpha value is -1.75. The van der Waals surface area contributed by atoms with Gasteiger partial charge in [-0.25, -0.2) is 0 Å². The molecule has 0 atom stereocenters. The van der Waals surface area contributed by atoms with E-state index < -0.39 is 0 Å². The molecule has 0 bridgehead atoms. The first-order valence-electron chi connectivity index (χ1n) is 9.21. The van der Waals surface area contributed by atoms with Crippen molar-refractivity contribution in [1.29, 1.82) is 0 Å². The van der Waals surface area contributed by atoms with E-state index in [4.69, 9.17) is 11.6 Å². The van der Waals surface area contributed by atoms with E-state index >= 15 is 0 Å². The third-order valence-corrected chi connectivity index (χ3v) is 5.79. The maximum atomic E-state index is 12.4. The molecule has 1 saturated heterocycles. The molecule has 0 spiro atoms. The minimum atomic E-state index is 0.00545. The molecule has 3 aliphatic rings. The van der Waals surface area contributed by atoms with Crippen LogP contribution in [0, 0.1) is 17.8 Å². The second kappa shape index (κ2) is 6.87. The normalized spacial score (nSPS) is 20.6. The molecule has 0 radical (unpaired) electrons. The van der Waals surface area contributed by atoms with Gasteiger partial charge in [-0.1, -0.05) is 11.6 Å². The summed E-state index contributed by atoms with van der Waals surface area (Å²) in [6, 6.07) is 5.54. The number of nitrogens with zero attached hydrogens (tertiary/aromatic N) is 1. The molecule has 134 valence electrons. The number of piperazine rings is 1. The zero-order valence-corrected chi connectivity index (χ0v) is 15.0. The van der Waals surface area contributed by atoms with E-state index in [0.29, 0.717) is 30.5 Å². The lowest BCUT2D eigenvalue weighted by molar-refractivity contribution is -0.120. The Bertz CT molecular complexity index is 673. The molecule has 6 heteroatoms. The smallest absolute Gasteiger partial charge is 0.239 e. The van der Waals surface area contributed by atoms with Gasteiger partial charge in [0.2, 0.25) is 11.8 Å². The van der Waals surface area contributed by atoms with Crippen LogP contribution in [0.5, 0.6) is 0 Å². The molecule has 2 amide bonds. The molecule has 2 saturated carbocycles. The maximum Gasteiger partial charge on any atom is 0.239 e. The second-order valence-electron chi connectivity index (χ2n) is 7.53. The van der Waals surface area contributed by atoms with Crippen LogP contribution in [0.1, 0.15) is 32.1 Å². The van der Waals surface area contributed by atoms with Gasteiger partial charge < -0.3 is 15.5 Å². The molecule has 1 aliphatic heterocycles. The average molecular weight is 362 g/mol. The topological polar surface area (TPSA) is 61.4 Å². The van der Waals surface area contributed by atoms with Gasteiger partial charge in [0.1, 0.15) is 0 Å². The summed E-state index contributed by atoms with van der Waals surface area (Å²) >= 11 is 6.40. The van der Waals surface area contributed by atoms with Crippen LogP contribution in [0.25, 0.3) is 0 Å². The van der Waals surface area contributed by atoms with Crippen LogP contribution in [0.15, 0.2) is 18.2 Å². The molecule has 2 N–H and O–H groups in total. The van der Waals surface area contributed by atoms with Crippen molar-refractivity contribution in [3.63, 3.8) is 0 Å². The highest BCUT2D eigenvalue weighted by molar-refractivity contribution is 6.33. The molecule has 4 rings (SSSR count). The SMILES string of the molecule is O=C1CN(c2ccc(NC(=O)CC(C3CC3)C3CC3)cc2Cl)CCN1. The van der Waals surface area contributed by atoms with Crippen molar-refractivity contribution in [2.24, 2.45) is 17.8 Å². The fourth-order valence-electron chi connectivity index (χ4n) is 3.88. The van der Waals surface area contributed by atoms with Gasteiger partial charge in [0.25, 0.3) is 0 Å². The van der Waals surface area contributed by atoms with Crippen molar-refractivity contribution in [1.82, 2.24) is 5.32 Å². The predicted octanol–water partition coefficient (Wildman–Crippen LogP) is 3.04. The summed E-state index contributed by atoms with van der Waals surface area (Å²) in [5, 5.41) is 6.36. The van der Waals surface area contributed by atoms with Crippen LogP contribution in [0.4, 0.5) is 11.4 Å². The fraction of sp³-hybridized carbons (Fsp3) is 0.579. The third-order valence-electron chi connectivity index (χ3n) is 5.49. The Morgan fingerprint density at radius 1 is 1.28 bits per heavy atom. The van der Waals surface area contributed by atoms with Crippen molar-refractivity contribution in [2.75, 3.05) is 29.9 Å². The van der Waals surface area contributed by atoms with E-state index in [9.17, 15) is 9.59 Å². The maximum absolute atomic E-state index is 12.4. The third kappa shape index (κ3) is 4.09. The van der Waals surface area contributed by atoms with Crippen molar-refractivity contribution < 1.29 is 9.59 Å². The van der Waals surface area contributed by atoms with Crippen molar-refractivity contribution >= 4 is 34.8 Å². The molecule has 0 aromatic heterocycles. The summed E-state index contributed by atoms with van der Waals surface area (Å²) in [6.07, 6.45) is 5.79. The number of carbonyl (C=O) groups is 2. The first-order chi connectivity index (χ1) is 12.1. The number of hydrogen-bond acceptors (Lipinski definition) is 3. The highest BCUT2D eigenvalue weighted by atomic mass is 35.5. The lowest BCUT2D eigenvalue weighted by atomic mass is 9.94. The predicted molar refractivity (Wildman–Crippen MR) is 98.9 cm³/mol. The van der Waals surface area contributed by atoms with Gasteiger partial charge >= 0.3 is 0 Å². The standard InChI is InChI=1S/C19H24ClN3O2/c20-16-9-14(5-6-17(16)23-8-7-21-19(25)11-23)22-18(24)10-15(12-1-2-12)13-3-4-13/h5-6,9,12-13,15H,1-4,7-8,10-11H2,(H,21,25)(H,22,24). The van der Waals surface area contributed by atoms with E-state index in [2.05, 4.69) is 10.6 Å². The molecule has 2 aliphatic carbocycles. The van der Waals surface area contributed by atoms with Crippen LogP contribution in [-0.2, 0) is 9.59 Å². The van der Waals surface area contributed by atoms with Gasteiger partial charge in [0.15, 0.2) is 0 Å². The van der Waals surface area contributed by atoms with Gasteiger partial charge in [-0.15, -0.1) is 0 Å². The molecule has 3 fully saturated rings. The Kier molecular flexibility index (Phi) is 4.59. The summed E-state index contributed by atoms with van der Waals surface area (Å²) in [5.41, 5.74) is 1.56. The van der Waals surface area contributed by atoms with E-state index in [1.807, 2.05) is 17.0 Å². The molecule has 5 nitrogen and oxygen atoms in total. The number of nitrogens with one attached hydrogen (secondary N) is 2. The Morgan fingerprint density at radius 3 is 2.60 bits per heavy atom. The molecule has 0 unspecified atom stereocenters. The summed E-state index contributed by atoms with van der Waals surface area (Å²) in [5.74, 6) is 2.21. The number of benzene rings is 1. The number of carbonyl (C=O) groups excluding carboxylic acids is 2. The minimum absolute atomic E-state index is 0.00545. The van der Waals surface area contributed by atoms with Crippen molar-refractivity contribution in [2.45, 2.75) is 32.1 Å². The summed E-state index contributed by atoms with van der Waals surface area (Å²) in [7, 11) is 0. The average Bonchev–Trinajstić information content (AvgIpc) is 3.47. The first-order valence-corrected chi connectivity index (χ1v) is 9.59. The van der Waals surface area contributed by atoms with Crippen LogP contribution >= 0.6 is 11.6 Å². The second-order valence-corrected chi connectivity index (χ2v) is 7.94.